The molecule has 0 N–H and O–H groups in total. The molecule has 0 radical (unpaired) electrons. The summed E-state index contributed by atoms with van der Waals surface area (Å²) in [7, 11) is 0. The van der Waals surface area contributed by atoms with Crippen LogP contribution in [0.25, 0.3) is 28.1 Å². The predicted molar refractivity (Wildman–Crippen MR) is 160 cm³/mol. The maximum Gasteiger partial charge on any atom is 0.146 e. The third-order valence-corrected chi connectivity index (χ3v) is 8.22. The number of aromatic nitrogens is 2. The Balaban J connectivity index is 0.00000148. The molecule has 1 atom stereocenters. The third kappa shape index (κ3) is 4.41. The van der Waals surface area contributed by atoms with Gasteiger partial charge in [-0.05, 0) is 84.4 Å². The van der Waals surface area contributed by atoms with Crippen LogP contribution in [0, 0.1) is 13.8 Å². The van der Waals surface area contributed by atoms with Gasteiger partial charge in [-0.15, -0.1) is 0 Å². The highest BCUT2D eigenvalue weighted by Gasteiger charge is 2.38. The summed E-state index contributed by atoms with van der Waals surface area (Å²) in [5.74, 6) is 1.00. The van der Waals surface area contributed by atoms with Crippen molar-refractivity contribution in [2.24, 2.45) is 0 Å². The first kappa shape index (κ1) is 26.5. The summed E-state index contributed by atoms with van der Waals surface area (Å²) < 4.78 is 2.41. The molecule has 1 aliphatic carbocycles. The molecule has 1 unspecified atom stereocenters. The Labute approximate surface area is 223 Å². The van der Waals surface area contributed by atoms with E-state index in [0.717, 1.165) is 16.9 Å². The minimum atomic E-state index is 0.119. The molecule has 0 aliphatic heterocycles. The first-order chi connectivity index (χ1) is 17.0. The highest BCUT2D eigenvalue weighted by atomic mass is 32.1. The van der Waals surface area contributed by atoms with Gasteiger partial charge in [-0.3, -0.25) is 4.57 Å². The molecular formula is C33H42N2S. The molecular weight excluding hydrogens is 456 g/mol. The first-order valence-electron chi connectivity index (χ1n) is 13.4. The second kappa shape index (κ2) is 9.74. The molecule has 0 bridgehead atoms. The molecule has 3 aromatic carbocycles. The predicted octanol–water partition coefficient (Wildman–Crippen LogP) is 9.68. The molecule has 0 saturated carbocycles. The van der Waals surface area contributed by atoms with Crippen molar-refractivity contribution in [3.63, 3.8) is 0 Å². The van der Waals surface area contributed by atoms with Crippen LogP contribution in [0.2, 0.25) is 0 Å². The van der Waals surface area contributed by atoms with Crippen LogP contribution in [0.1, 0.15) is 94.4 Å². The largest absolute Gasteiger partial charge is 0.292 e. The molecule has 5 rings (SSSR count). The van der Waals surface area contributed by atoms with E-state index in [2.05, 4.69) is 108 Å². The minimum absolute atomic E-state index is 0.119. The highest BCUT2D eigenvalue weighted by Crippen LogP contribution is 2.48. The fourth-order valence-corrected chi connectivity index (χ4v) is 5.99. The number of imidazole rings is 1. The van der Waals surface area contributed by atoms with Gasteiger partial charge in [-0.25, -0.2) is 4.98 Å². The van der Waals surface area contributed by atoms with Gasteiger partial charge < -0.3 is 0 Å². The number of hydrogen-bond acceptors (Lipinski definition) is 2. The molecule has 0 fully saturated rings. The Morgan fingerprint density at radius 1 is 0.833 bits per heavy atom. The second-order valence-electron chi connectivity index (χ2n) is 11.4. The topological polar surface area (TPSA) is 17.8 Å². The summed E-state index contributed by atoms with van der Waals surface area (Å²) in [6.07, 6.45) is 2.39. The molecule has 4 aromatic rings. The van der Waals surface area contributed by atoms with Gasteiger partial charge in [-0.2, -0.15) is 12.6 Å². The fraction of sp³-hybridized carbons (Fsp3) is 0.424. The Kier molecular flexibility index (Phi) is 7.18. The summed E-state index contributed by atoms with van der Waals surface area (Å²) in [6.45, 7) is 20.1. The van der Waals surface area contributed by atoms with Crippen molar-refractivity contribution < 1.29 is 0 Å². The maximum absolute atomic E-state index is 5.34. The van der Waals surface area contributed by atoms with Gasteiger partial charge in [0.1, 0.15) is 5.82 Å². The summed E-state index contributed by atoms with van der Waals surface area (Å²) >= 11 is 4.81. The van der Waals surface area contributed by atoms with E-state index in [4.69, 9.17) is 17.6 Å². The summed E-state index contributed by atoms with van der Waals surface area (Å²) in [5, 5.41) is 0.119. The van der Waals surface area contributed by atoms with Crippen molar-refractivity contribution in [3.05, 3.63) is 82.4 Å². The Morgan fingerprint density at radius 2 is 1.39 bits per heavy atom. The lowest BCUT2D eigenvalue weighted by Crippen LogP contribution is -2.33. The zero-order valence-electron chi connectivity index (χ0n) is 23.5. The van der Waals surface area contributed by atoms with Crippen LogP contribution in [0.15, 0.2) is 54.6 Å². The summed E-state index contributed by atoms with van der Waals surface area (Å²) in [4.78, 5) is 5.34. The molecule has 36 heavy (non-hydrogen) atoms. The molecule has 1 heterocycles. The van der Waals surface area contributed by atoms with Crippen molar-refractivity contribution in [2.75, 3.05) is 0 Å². The monoisotopic (exact) mass is 498 g/mol. The standard InChI is InChI=1S/C31H36N2S.C2H6/c1-19-11-10-12-20(2)28(19)33-27-18-25-24(30(4,5)15-16-31(25,6)7)17-26(27)32-29(33)23-14-9-8-13-22(23)21(3)34;1-2/h8-14,17-18,21,34H,15-16H2,1-7H3;1-2H3. The zero-order chi connectivity index (χ0) is 26.4. The average molecular weight is 499 g/mol. The van der Waals surface area contributed by atoms with Crippen LogP contribution in [0.4, 0.5) is 0 Å². The van der Waals surface area contributed by atoms with E-state index in [1.165, 1.54) is 51.9 Å². The number of fused-ring (bicyclic) bond motifs is 2. The fourth-order valence-electron chi connectivity index (χ4n) is 5.77. The number of rotatable bonds is 3. The van der Waals surface area contributed by atoms with Crippen molar-refractivity contribution in [1.29, 1.82) is 0 Å². The molecule has 1 aromatic heterocycles. The normalized spacial score (nSPS) is 16.7. The highest BCUT2D eigenvalue weighted by molar-refractivity contribution is 7.80. The van der Waals surface area contributed by atoms with Crippen LogP contribution in [0.5, 0.6) is 0 Å². The van der Waals surface area contributed by atoms with Gasteiger partial charge in [0.2, 0.25) is 0 Å². The Bertz CT molecular complexity index is 1380. The van der Waals surface area contributed by atoms with Gasteiger partial charge in [0.15, 0.2) is 0 Å². The number of thiol groups is 1. The third-order valence-electron chi connectivity index (χ3n) is 7.94. The second-order valence-corrected chi connectivity index (χ2v) is 12.2. The smallest absolute Gasteiger partial charge is 0.146 e. The number of para-hydroxylation sites is 1. The number of hydrogen-bond donors (Lipinski definition) is 1. The van der Waals surface area contributed by atoms with Gasteiger partial charge in [0, 0.05) is 10.8 Å². The van der Waals surface area contributed by atoms with E-state index in [0.29, 0.717) is 0 Å². The Hall–Kier alpha value is -2.52. The van der Waals surface area contributed by atoms with Gasteiger partial charge in [0.25, 0.3) is 0 Å². The molecule has 0 amide bonds. The zero-order valence-corrected chi connectivity index (χ0v) is 24.4. The van der Waals surface area contributed by atoms with Crippen molar-refractivity contribution >= 4 is 23.7 Å². The Morgan fingerprint density at radius 3 is 1.97 bits per heavy atom. The molecule has 1 aliphatic rings. The van der Waals surface area contributed by atoms with E-state index in [1.807, 2.05) is 13.8 Å². The molecule has 0 spiro atoms. The lowest BCUT2D eigenvalue weighted by molar-refractivity contribution is 0.332. The number of nitrogens with zero attached hydrogens (tertiary/aromatic N) is 2. The van der Waals surface area contributed by atoms with E-state index in [-0.39, 0.29) is 16.1 Å². The quantitative estimate of drug-likeness (QED) is 0.278. The van der Waals surface area contributed by atoms with Gasteiger partial charge in [-0.1, -0.05) is 84.0 Å². The summed E-state index contributed by atoms with van der Waals surface area (Å²) in [6, 6.07) is 20.0. The van der Waals surface area contributed by atoms with Crippen LogP contribution in [0.3, 0.4) is 0 Å². The number of benzene rings is 3. The van der Waals surface area contributed by atoms with E-state index >= 15 is 0 Å². The average Bonchev–Trinajstić information content (AvgIpc) is 3.21. The van der Waals surface area contributed by atoms with Gasteiger partial charge in [0.05, 0.1) is 16.7 Å². The number of aryl methyl sites for hydroxylation is 2. The first-order valence-corrected chi connectivity index (χ1v) is 13.9. The maximum atomic E-state index is 5.34. The lowest BCUT2D eigenvalue weighted by Gasteiger charge is -2.41. The van der Waals surface area contributed by atoms with E-state index in [9.17, 15) is 0 Å². The van der Waals surface area contributed by atoms with Crippen molar-refractivity contribution in [2.45, 2.75) is 91.2 Å². The summed E-state index contributed by atoms with van der Waals surface area (Å²) in [5.41, 5.74) is 11.6. The van der Waals surface area contributed by atoms with Crippen LogP contribution in [-0.4, -0.2) is 9.55 Å². The van der Waals surface area contributed by atoms with Crippen LogP contribution < -0.4 is 0 Å². The van der Waals surface area contributed by atoms with Crippen molar-refractivity contribution in [3.8, 4) is 17.1 Å². The molecule has 3 heteroatoms. The molecule has 0 saturated heterocycles. The minimum Gasteiger partial charge on any atom is -0.292 e. The molecule has 2 nitrogen and oxygen atoms in total. The molecule has 190 valence electrons. The lowest BCUT2D eigenvalue weighted by atomic mass is 9.63. The SMILES string of the molecule is CC.Cc1cccc(C)c1-n1c(-c2ccccc2C(C)S)nc2cc3c(cc21)C(C)(C)CCC3(C)C. The van der Waals surface area contributed by atoms with E-state index in [1.54, 1.807) is 0 Å². The van der Waals surface area contributed by atoms with Gasteiger partial charge >= 0.3 is 0 Å². The van der Waals surface area contributed by atoms with Crippen molar-refractivity contribution in [1.82, 2.24) is 9.55 Å². The van der Waals surface area contributed by atoms with Crippen LogP contribution in [-0.2, 0) is 10.8 Å². The van der Waals surface area contributed by atoms with E-state index < -0.39 is 0 Å². The van der Waals surface area contributed by atoms with Crippen LogP contribution >= 0.6 is 12.6 Å².